The van der Waals surface area contributed by atoms with E-state index in [1.54, 1.807) is 14.2 Å². The molecule has 0 amide bonds. The van der Waals surface area contributed by atoms with Gasteiger partial charge in [0.1, 0.15) is 11.5 Å². The van der Waals surface area contributed by atoms with Crippen LogP contribution in [0.25, 0.3) is 0 Å². The van der Waals surface area contributed by atoms with Crippen LogP contribution in [0.4, 0.5) is 0 Å². The van der Waals surface area contributed by atoms with Gasteiger partial charge in [0.15, 0.2) is 0 Å². The van der Waals surface area contributed by atoms with Crippen LogP contribution < -0.4 is 14.6 Å². The number of methoxy groups -OCH3 is 2. The summed E-state index contributed by atoms with van der Waals surface area (Å²) in [5.41, 5.74) is 2.70. The molecule has 2 atom stereocenters. The van der Waals surface area contributed by atoms with E-state index in [1.165, 1.54) is 11.1 Å². The van der Waals surface area contributed by atoms with E-state index in [9.17, 15) is 0 Å². The number of ether oxygens (including phenoxy) is 2. The maximum Gasteiger partial charge on any atom is 0.118 e. The Labute approximate surface area is 171 Å². The minimum atomic E-state index is -2.36. The Morgan fingerprint density at radius 2 is 1.36 bits per heavy atom. The number of hydrogen-bond acceptors (Lipinski definition) is 4. The van der Waals surface area contributed by atoms with Crippen LogP contribution >= 0.6 is 0 Å². The summed E-state index contributed by atoms with van der Waals surface area (Å²) in [5, 5.41) is 4.03. The number of hydrogen-bond donors (Lipinski definition) is 1. The van der Waals surface area contributed by atoms with Gasteiger partial charge in [-0.3, -0.25) is 9.35 Å². The van der Waals surface area contributed by atoms with Crippen LogP contribution in [0, 0.1) is 11.8 Å². The average Bonchev–Trinajstić information content (AvgIpc) is 2.68. The lowest BCUT2D eigenvalue weighted by Crippen LogP contribution is -2.17. The second kappa shape index (κ2) is 13.1. The highest BCUT2D eigenvalue weighted by atomic mass is 32.2. The van der Waals surface area contributed by atoms with Crippen molar-refractivity contribution in [1.29, 1.82) is 0 Å². The summed E-state index contributed by atoms with van der Waals surface area (Å²) >= 11 is -2.36. The maximum absolute atomic E-state index is 8.78. The molecule has 28 heavy (non-hydrogen) atoms. The molecule has 0 saturated heterocycles. The van der Waals surface area contributed by atoms with Crippen molar-refractivity contribution in [3.63, 3.8) is 0 Å². The standard InChI is InChI=1S/C22H28O2.H3NO2S/c1-5-6-17(2)20(15-18-7-11-21(23-3)12-8-18)16-19-9-13-22(24-4)14-10-19;1-4(2)3/h5,7-14,17,20H,1,6,15-16H2,2-4H3;1H2,(H,2,3)/p-1. The third-order valence-electron chi connectivity index (χ3n) is 4.66. The molecule has 2 unspecified atom stereocenters. The molecule has 0 saturated carbocycles. The van der Waals surface area contributed by atoms with Gasteiger partial charge in [0.25, 0.3) is 0 Å². The van der Waals surface area contributed by atoms with Crippen molar-refractivity contribution in [2.24, 2.45) is 17.0 Å². The van der Waals surface area contributed by atoms with E-state index in [0.717, 1.165) is 30.8 Å². The molecule has 6 heteroatoms. The molecule has 2 aromatic rings. The molecule has 2 aromatic carbocycles. The average molecular weight is 405 g/mol. The molecule has 5 nitrogen and oxygen atoms in total. The zero-order chi connectivity index (χ0) is 20.9. The quantitative estimate of drug-likeness (QED) is 0.505. The first-order chi connectivity index (χ1) is 13.4. The molecule has 0 fully saturated rings. The van der Waals surface area contributed by atoms with E-state index in [2.05, 4.69) is 42.9 Å². The van der Waals surface area contributed by atoms with Crippen molar-refractivity contribution in [2.75, 3.05) is 14.2 Å². The van der Waals surface area contributed by atoms with Crippen LogP contribution in [0.15, 0.2) is 61.2 Å². The van der Waals surface area contributed by atoms with Crippen LogP contribution in [0.5, 0.6) is 11.5 Å². The highest BCUT2D eigenvalue weighted by Gasteiger charge is 2.18. The van der Waals surface area contributed by atoms with Crippen molar-refractivity contribution >= 4 is 11.3 Å². The van der Waals surface area contributed by atoms with Gasteiger partial charge in [-0.25, -0.2) is 0 Å². The number of benzene rings is 2. The first-order valence-corrected chi connectivity index (χ1v) is 10.2. The lowest BCUT2D eigenvalue weighted by atomic mass is 9.81. The van der Waals surface area contributed by atoms with E-state index in [0.29, 0.717) is 11.8 Å². The predicted molar refractivity (Wildman–Crippen MR) is 114 cm³/mol. The zero-order valence-electron chi connectivity index (χ0n) is 16.8. The van der Waals surface area contributed by atoms with E-state index < -0.39 is 11.3 Å². The Balaban J connectivity index is 0.000000892. The molecule has 0 aromatic heterocycles. The Bertz CT molecular complexity index is 663. The third kappa shape index (κ3) is 9.17. The van der Waals surface area contributed by atoms with Gasteiger partial charge < -0.3 is 14.0 Å². The van der Waals surface area contributed by atoms with Gasteiger partial charge in [0.2, 0.25) is 0 Å². The topological polar surface area (TPSA) is 84.6 Å². The SMILES string of the molecule is C=CCC(C)C(Cc1ccc(OC)cc1)Cc1ccc(OC)cc1.NS(=O)[O-]. The summed E-state index contributed by atoms with van der Waals surface area (Å²) in [6.07, 6.45) is 5.19. The van der Waals surface area contributed by atoms with Crippen molar-refractivity contribution in [2.45, 2.75) is 26.2 Å². The Hall–Kier alpha value is -2.15. The second-order valence-corrected chi connectivity index (χ2v) is 7.15. The lowest BCUT2D eigenvalue weighted by molar-refractivity contribution is 0.355. The highest BCUT2D eigenvalue weighted by Crippen LogP contribution is 2.26. The van der Waals surface area contributed by atoms with E-state index in [1.807, 2.05) is 30.3 Å². The molecule has 0 heterocycles. The van der Waals surface area contributed by atoms with E-state index >= 15 is 0 Å². The van der Waals surface area contributed by atoms with Crippen LogP contribution in [0.1, 0.15) is 24.5 Å². The van der Waals surface area contributed by atoms with Gasteiger partial charge >= 0.3 is 0 Å². The maximum atomic E-state index is 8.78. The van der Waals surface area contributed by atoms with Gasteiger partial charge in [-0.05, 0) is 66.5 Å². The first kappa shape index (κ1) is 23.9. The molecule has 154 valence electrons. The van der Waals surface area contributed by atoms with E-state index in [4.69, 9.17) is 18.2 Å². The number of rotatable bonds is 9. The van der Waals surface area contributed by atoms with Crippen molar-refractivity contribution in [3.8, 4) is 11.5 Å². The van der Waals surface area contributed by atoms with Crippen LogP contribution in [0.2, 0.25) is 0 Å². The summed E-state index contributed by atoms with van der Waals surface area (Å²) in [4.78, 5) is 0. The monoisotopic (exact) mass is 404 g/mol. The summed E-state index contributed by atoms with van der Waals surface area (Å²) in [6.45, 7) is 6.23. The summed E-state index contributed by atoms with van der Waals surface area (Å²) in [5.74, 6) is 2.98. The Morgan fingerprint density at radius 3 is 1.64 bits per heavy atom. The molecule has 2 N–H and O–H groups in total. The van der Waals surface area contributed by atoms with Gasteiger partial charge in [-0.2, -0.15) is 0 Å². The largest absolute Gasteiger partial charge is 0.760 e. The number of nitrogens with two attached hydrogens (primary N) is 1. The normalized spacial score (nSPS) is 12.5. The molecule has 2 rings (SSSR count). The zero-order valence-corrected chi connectivity index (χ0v) is 17.6. The van der Waals surface area contributed by atoms with Crippen molar-refractivity contribution in [3.05, 3.63) is 72.3 Å². The van der Waals surface area contributed by atoms with Crippen LogP contribution in [0.3, 0.4) is 0 Å². The molecule has 0 bridgehead atoms. The molecular formula is C22H30NO4S-. The predicted octanol–water partition coefficient (Wildman–Crippen LogP) is 4.06. The lowest BCUT2D eigenvalue weighted by Gasteiger charge is -2.24. The Morgan fingerprint density at radius 1 is 1.00 bits per heavy atom. The van der Waals surface area contributed by atoms with Crippen molar-refractivity contribution < 1.29 is 18.2 Å². The van der Waals surface area contributed by atoms with Crippen molar-refractivity contribution in [1.82, 2.24) is 0 Å². The van der Waals surface area contributed by atoms with Crippen LogP contribution in [-0.4, -0.2) is 23.0 Å². The molecular weight excluding hydrogens is 374 g/mol. The number of allylic oxidation sites excluding steroid dienone is 1. The molecule has 0 radical (unpaired) electrons. The van der Waals surface area contributed by atoms with Gasteiger partial charge in [-0.15, -0.1) is 6.58 Å². The van der Waals surface area contributed by atoms with Gasteiger partial charge in [-0.1, -0.05) is 37.3 Å². The van der Waals surface area contributed by atoms with Crippen LogP contribution in [-0.2, 0) is 24.1 Å². The summed E-state index contributed by atoms with van der Waals surface area (Å²) < 4.78 is 28.1. The first-order valence-electron chi connectivity index (χ1n) is 9.10. The highest BCUT2D eigenvalue weighted by molar-refractivity contribution is 7.76. The second-order valence-electron chi connectivity index (χ2n) is 6.63. The molecule has 0 aliphatic heterocycles. The Kier molecular flexibility index (Phi) is 11.2. The minimum Gasteiger partial charge on any atom is -0.760 e. The molecule has 0 spiro atoms. The molecule has 0 aliphatic rings. The third-order valence-corrected chi connectivity index (χ3v) is 4.66. The van der Waals surface area contributed by atoms with E-state index in [-0.39, 0.29) is 0 Å². The summed E-state index contributed by atoms with van der Waals surface area (Å²) in [6, 6.07) is 16.8. The molecule has 0 aliphatic carbocycles. The van der Waals surface area contributed by atoms with Gasteiger partial charge in [0.05, 0.1) is 14.2 Å². The summed E-state index contributed by atoms with van der Waals surface area (Å²) in [7, 11) is 3.40. The minimum absolute atomic E-state index is 0.574. The smallest absolute Gasteiger partial charge is 0.118 e. The fourth-order valence-corrected chi connectivity index (χ4v) is 3.06. The van der Waals surface area contributed by atoms with Gasteiger partial charge in [0, 0.05) is 11.3 Å². The fourth-order valence-electron chi connectivity index (χ4n) is 3.06. The fraction of sp³-hybridized carbons (Fsp3) is 0.364.